The Bertz CT molecular complexity index is 1120. The van der Waals surface area contributed by atoms with Gasteiger partial charge in [-0.2, -0.15) is 0 Å². The zero-order valence-corrected chi connectivity index (χ0v) is 20.9. The molecule has 0 spiro atoms. The van der Waals surface area contributed by atoms with E-state index in [1.807, 2.05) is 4.90 Å². The number of anilines is 1. The lowest BCUT2D eigenvalue weighted by molar-refractivity contribution is 0.0696. The topological polar surface area (TPSA) is 106 Å². The molecule has 1 aliphatic heterocycles. The molecule has 1 N–H and O–H groups in total. The number of unbranched alkanes of at least 4 members (excludes halogenated alkanes) is 2. The van der Waals surface area contributed by atoms with Crippen LogP contribution in [-0.2, 0) is 10.0 Å². The van der Waals surface area contributed by atoms with Gasteiger partial charge < -0.3 is 24.2 Å². The number of carboxylic acid groups (broad SMARTS) is 1. The number of hydrogen-bond acceptors (Lipinski definition) is 7. The predicted molar refractivity (Wildman–Crippen MR) is 129 cm³/mol. The van der Waals surface area contributed by atoms with E-state index in [4.69, 9.17) is 14.2 Å². The molecule has 9 nitrogen and oxygen atoms in total. The van der Waals surface area contributed by atoms with Gasteiger partial charge in [-0.3, -0.25) is 0 Å². The lowest BCUT2D eigenvalue weighted by Crippen LogP contribution is -2.28. The first-order valence-electron chi connectivity index (χ1n) is 11.3. The van der Waals surface area contributed by atoms with Crippen LogP contribution in [0.4, 0.5) is 5.69 Å². The molecule has 1 aliphatic rings. The van der Waals surface area contributed by atoms with Crippen LogP contribution >= 0.6 is 0 Å². The first-order valence-corrected chi connectivity index (χ1v) is 12.8. The Morgan fingerprint density at radius 1 is 1.03 bits per heavy atom. The van der Waals surface area contributed by atoms with Crippen molar-refractivity contribution in [2.75, 3.05) is 38.9 Å². The molecular weight excluding hydrogens is 460 g/mol. The fraction of sp³-hybridized carbons (Fsp3) is 0.458. The van der Waals surface area contributed by atoms with Crippen molar-refractivity contribution in [1.82, 2.24) is 4.31 Å². The van der Waals surface area contributed by atoms with Gasteiger partial charge in [-0.1, -0.05) is 26.7 Å². The molecule has 186 valence electrons. The Hall–Kier alpha value is -2.98. The summed E-state index contributed by atoms with van der Waals surface area (Å²) < 4.78 is 44.6. The molecule has 10 heteroatoms. The Balaban J connectivity index is 2.23. The van der Waals surface area contributed by atoms with Crippen LogP contribution < -0.4 is 19.1 Å². The normalized spacial score (nSPS) is 12.7. The lowest BCUT2D eigenvalue weighted by atomic mass is 10.1. The van der Waals surface area contributed by atoms with E-state index in [0.29, 0.717) is 36.0 Å². The van der Waals surface area contributed by atoms with Crippen molar-refractivity contribution in [2.45, 2.75) is 44.4 Å². The molecule has 0 saturated heterocycles. The summed E-state index contributed by atoms with van der Waals surface area (Å²) in [5.74, 6) is 0.297. The molecule has 2 aromatic rings. The van der Waals surface area contributed by atoms with E-state index in [0.717, 1.165) is 36.1 Å². The number of aromatic carboxylic acids is 1. The van der Waals surface area contributed by atoms with Crippen molar-refractivity contribution in [3.63, 3.8) is 0 Å². The van der Waals surface area contributed by atoms with Crippen LogP contribution in [0.5, 0.6) is 23.0 Å². The van der Waals surface area contributed by atoms with E-state index in [9.17, 15) is 18.3 Å². The molecule has 34 heavy (non-hydrogen) atoms. The predicted octanol–water partition coefficient (Wildman–Crippen LogP) is 4.56. The number of hydrogen-bond donors (Lipinski definition) is 1. The second kappa shape index (κ2) is 11.0. The van der Waals surface area contributed by atoms with Crippen molar-refractivity contribution in [3.05, 3.63) is 35.9 Å². The second-order valence-electron chi connectivity index (χ2n) is 8.23. The van der Waals surface area contributed by atoms with E-state index in [1.165, 1.54) is 20.2 Å². The minimum absolute atomic E-state index is 0.0878. The lowest BCUT2D eigenvalue weighted by Gasteiger charge is -2.29. The Morgan fingerprint density at radius 2 is 1.68 bits per heavy atom. The Kier molecular flexibility index (Phi) is 8.27. The molecule has 0 saturated carbocycles. The van der Waals surface area contributed by atoms with Crippen LogP contribution in [0.2, 0.25) is 0 Å². The fourth-order valence-electron chi connectivity index (χ4n) is 3.55. The quantitative estimate of drug-likeness (QED) is 0.460. The number of carbonyl (C=O) groups is 1. The summed E-state index contributed by atoms with van der Waals surface area (Å²) in [6.45, 7) is 5.51. The molecule has 0 aliphatic carbocycles. The largest absolute Gasteiger partial charge is 0.478 e. The van der Waals surface area contributed by atoms with E-state index in [-0.39, 0.29) is 23.0 Å². The van der Waals surface area contributed by atoms with Gasteiger partial charge in [-0.15, -0.1) is 0 Å². The van der Waals surface area contributed by atoms with E-state index < -0.39 is 16.0 Å². The third kappa shape index (κ3) is 5.56. The summed E-state index contributed by atoms with van der Waals surface area (Å²) in [6.07, 6.45) is 3.59. The van der Waals surface area contributed by atoms with Gasteiger partial charge in [0.2, 0.25) is 16.8 Å². The van der Waals surface area contributed by atoms with Crippen LogP contribution in [-0.4, -0.2) is 57.8 Å². The second-order valence-corrected chi connectivity index (χ2v) is 10.3. The SMILES string of the molecule is CCCCN(CCCC)c1cc(C(=O)O)cc(S(=O)(=O)N(C)C)c1Oc1ccc2c(c1)OCO2. The van der Waals surface area contributed by atoms with Gasteiger partial charge in [0.05, 0.1) is 11.3 Å². The number of nitrogens with zero attached hydrogens (tertiary/aromatic N) is 2. The van der Waals surface area contributed by atoms with Crippen LogP contribution in [0.3, 0.4) is 0 Å². The third-order valence-corrected chi connectivity index (χ3v) is 7.33. The maximum absolute atomic E-state index is 13.3. The zero-order chi connectivity index (χ0) is 24.9. The molecule has 0 unspecified atom stereocenters. The summed E-state index contributed by atoms with van der Waals surface area (Å²) >= 11 is 0. The molecule has 0 aromatic heterocycles. The van der Waals surface area contributed by atoms with Gasteiger partial charge in [-0.25, -0.2) is 17.5 Å². The molecule has 1 heterocycles. The van der Waals surface area contributed by atoms with Crippen LogP contribution in [0.25, 0.3) is 0 Å². The summed E-state index contributed by atoms with van der Waals surface area (Å²) in [5, 5.41) is 9.76. The van der Waals surface area contributed by atoms with E-state index in [1.54, 1.807) is 18.2 Å². The molecule has 2 aromatic carbocycles. The minimum Gasteiger partial charge on any atom is -0.478 e. The van der Waals surface area contributed by atoms with Gasteiger partial charge >= 0.3 is 5.97 Å². The van der Waals surface area contributed by atoms with Crippen molar-refractivity contribution in [3.8, 4) is 23.0 Å². The average Bonchev–Trinajstić information content (AvgIpc) is 3.27. The molecule has 0 atom stereocenters. The van der Waals surface area contributed by atoms with Gasteiger partial charge in [0.15, 0.2) is 17.2 Å². The molecular formula is C24H32N2O7S. The first kappa shape index (κ1) is 25.6. The van der Waals surface area contributed by atoms with Gasteiger partial charge in [0.25, 0.3) is 0 Å². The molecule has 0 radical (unpaired) electrons. The molecule has 0 bridgehead atoms. The Labute approximate surface area is 200 Å². The van der Waals surface area contributed by atoms with Crippen LogP contribution in [0.15, 0.2) is 35.2 Å². The number of ether oxygens (including phenoxy) is 3. The van der Waals surface area contributed by atoms with E-state index >= 15 is 0 Å². The monoisotopic (exact) mass is 492 g/mol. The van der Waals surface area contributed by atoms with Crippen LogP contribution in [0.1, 0.15) is 49.9 Å². The van der Waals surface area contributed by atoms with Crippen molar-refractivity contribution >= 4 is 21.7 Å². The third-order valence-electron chi connectivity index (χ3n) is 5.51. The smallest absolute Gasteiger partial charge is 0.335 e. The maximum Gasteiger partial charge on any atom is 0.335 e. The number of fused-ring (bicyclic) bond motifs is 1. The summed E-state index contributed by atoms with van der Waals surface area (Å²) in [4.78, 5) is 13.8. The van der Waals surface area contributed by atoms with Crippen molar-refractivity contribution in [1.29, 1.82) is 0 Å². The highest BCUT2D eigenvalue weighted by atomic mass is 32.2. The maximum atomic E-state index is 13.3. The highest BCUT2D eigenvalue weighted by molar-refractivity contribution is 7.89. The molecule has 0 fully saturated rings. The van der Waals surface area contributed by atoms with Crippen molar-refractivity contribution in [2.24, 2.45) is 0 Å². The van der Waals surface area contributed by atoms with Crippen LogP contribution in [0, 0.1) is 0 Å². The number of sulfonamides is 1. The molecule has 3 rings (SSSR count). The zero-order valence-electron chi connectivity index (χ0n) is 20.0. The van der Waals surface area contributed by atoms with E-state index in [2.05, 4.69) is 13.8 Å². The summed E-state index contributed by atoms with van der Waals surface area (Å²) in [6, 6.07) is 7.63. The standard InChI is InChI=1S/C24H32N2O7S/c1-5-7-11-26(12-8-6-2)19-13-17(24(27)28)14-22(34(29,30)25(3)4)23(19)33-18-9-10-20-21(15-18)32-16-31-20/h9-10,13-15H,5-8,11-12,16H2,1-4H3,(H,27,28). The molecule has 0 amide bonds. The number of benzene rings is 2. The number of carboxylic acids is 1. The Morgan fingerprint density at radius 3 is 2.26 bits per heavy atom. The van der Waals surface area contributed by atoms with Crippen molar-refractivity contribution < 1.29 is 32.5 Å². The highest BCUT2D eigenvalue weighted by Crippen LogP contribution is 2.43. The first-order chi connectivity index (χ1) is 16.2. The summed E-state index contributed by atoms with van der Waals surface area (Å²) in [5.41, 5.74) is 0.311. The summed E-state index contributed by atoms with van der Waals surface area (Å²) in [7, 11) is -1.23. The van der Waals surface area contributed by atoms with Gasteiger partial charge in [-0.05, 0) is 37.1 Å². The minimum atomic E-state index is -4.03. The highest BCUT2D eigenvalue weighted by Gasteiger charge is 2.30. The average molecular weight is 493 g/mol. The van der Waals surface area contributed by atoms with Gasteiger partial charge in [0, 0.05) is 33.3 Å². The fourth-order valence-corrected chi connectivity index (χ4v) is 4.60. The number of rotatable bonds is 12. The van der Waals surface area contributed by atoms with Gasteiger partial charge in [0.1, 0.15) is 10.6 Å².